The fourth-order valence-electron chi connectivity index (χ4n) is 2.66. The molecule has 0 saturated carbocycles. The molecule has 0 unspecified atom stereocenters. The summed E-state index contributed by atoms with van der Waals surface area (Å²) in [5, 5.41) is 0.971. The maximum Gasteiger partial charge on any atom is 0.332 e. The number of ether oxygens (including phenoxy) is 1. The minimum Gasteiger partial charge on any atom is -0.468 e. The molecule has 2 aromatic heterocycles. The molecule has 0 bridgehead atoms. The average molecular weight is 409 g/mol. The number of methoxy groups -OCH3 is 1. The van der Waals surface area contributed by atoms with Gasteiger partial charge in [-0.2, -0.15) is 0 Å². The van der Waals surface area contributed by atoms with E-state index in [1.807, 2.05) is 18.2 Å². The van der Waals surface area contributed by atoms with E-state index in [0.717, 1.165) is 21.9 Å². The number of esters is 1. The highest BCUT2D eigenvalue weighted by molar-refractivity contribution is 7.99. The van der Waals surface area contributed by atoms with E-state index >= 15 is 0 Å². The zero-order chi connectivity index (χ0) is 19.7. The van der Waals surface area contributed by atoms with E-state index in [4.69, 9.17) is 11.6 Å². The lowest BCUT2D eigenvalue weighted by atomic mass is 10.2. The van der Waals surface area contributed by atoms with Gasteiger partial charge >= 0.3 is 11.7 Å². The van der Waals surface area contributed by atoms with E-state index < -0.39 is 17.2 Å². The summed E-state index contributed by atoms with van der Waals surface area (Å²) < 4.78 is 8.68. The van der Waals surface area contributed by atoms with Crippen molar-refractivity contribution in [2.24, 2.45) is 14.1 Å². The Hall–Kier alpha value is -2.52. The minimum absolute atomic E-state index is 0.0244. The van der Waals surface area contributed by atoms with E-state index in [1.54, 1.807) is 17.7 Å². The number of aryl methyl sites for hydroxylation is 1. The van der Waals surface area contributed by atoms with Gasteiger partial charge in [-0.25, -0.2) is 9.78 Å². The molecule has 0 aliphatic rings. The van der Waals surface area contributed by atoms with Crippen molar-refractivity contribution in [1.29, 1.82) is 0 Å². The molecule has 142 valence electrons. The van der Waals surface area contributed by atoms with Crippen LogP contribution >= 0.6 is 23.4 Å². The molecule has 0 fully saturated rings. The molecule has 0 radical (unpaired) electrons. The smallest absolute Gasteiger partial charge is 0.332 e. The van der Waals surface area contributed by atoms with Gasteiger partial charge in [-0.3, -0.25) is 18.7 Å². The Bertz CT molecular complexity index is 1150. The van der Waals surface area contributed by atoms with Gasteiger partial charge in [0.05, 0.1) is 19.4 Å². The van der Waals surface area contributed by atoms with Crippen molar-refractivity contribution >= 4 is 40.5 Å². The molecule has 0 spiro atoms. The molecule has 8 nitrogen and oxygen atoms in total. The number of carbonyl (C=O) groups is 1. The predicted molar refractivity (Wildman–Crippen MR) is 104 cm³/mol. The molecular weight excluding hydrogens is 392 g/mol. The Balaban J connectivity index is 2.23. The van der Waals surface area contributed by atoms with E-state index in [2.05, 4.69) is 9.72 Å². The van der Waals surface area contributed by atoms with Crippen LogP contribution < -0.4 is 11.2 Å². The first-order valence-corrected chi connectivity index (χ1v) is 9.30. The Kier molecular flexibility index (Phi) is 5.43. The molecule has 2 heterocycles. The molecule has 0 saturated heterocycles. The third kappa shape index (κ3) is 3.52. The summed E-state index contributed by atoms with van der Waals surface area (Å²) in [6, 6.07) is 7.25. The number of hydrogen-bond donors (Lipinski definition) is 0. The molecule has 10 heteroatoms. The molecule has 3 rings (SSSR count). The van der Waals surface area contributed by atoms with E-state index in [1.165, 1.54) is 18.7 Å². The first kappa shape index (κ1) is 19.2. The number of imidazole rings is 1. The largest absolute Gasteiger partial charge is 0.468 e. The van der Waals surface area contributed by atoms with Crippen LogP contribution in [0.1, 0.15) is 5.56 Å². The van der Waals surface area contributed by atoms with Gasteiger partial charge in [0.25, 0.3) is 5.56 Å². The van der Waals surface area contributed by atoms with Gasteiger partial charge in [0.1, 0.15) is 0 Å². The molecule has 0 aliphatic carbocycles. The van der Waals surface area contributed by atoms with Gasteiger partial charge in [0, 0.05) is 19.1 Å². The van der Waals surface area contributed by atoms with Gasteiger partial charge in [-0.1, -0.05) is 41.6 Å². The normalized spacial score (nSPS) is 11.1. The lowest BCUT2D eigenvalue weighted by Gasteiger charge is -2.10. The van der Waals surface area contributed by atoms with E-state index in [9.17, 15) is 14.4 Å². The SMILES string of the molecule is COC(=O)CSc1nc2c(c(=O)n(C)c(=O)n2C)n1Cc1ccccc1Cl. The Morgan fingerprint density at radius 3 is 2.59 bits per heavy atom. The van der Waals surface area contributed by atoms with Crippen molar-refractivity contribution < 1.29 is 9.53 Å². The van der Waals surface area contributed by atoms with Crippen LogP contribution in [-0.2, 0) is 30.2 Å². The molecule has 0 N–H and O–H groups in total. The highest BCUT2D eigenvalue weighted by Crippen LogP contribution is 2.25. The molecule has 0 amide bonds. The quantitative estimate of drug-likeness (QED) is 0.468. The molecule has 3 aromatic rings. The lowest BCUT2D eigenvalue weighted by molar-refractivity contribution is -0.137. The number of benzene rings is 1. The minimum atomic E-state index is -0.473. The number of carbonyl (C=O) groups excluding carboxylic acids is 1. The number of aromatic nitrogens is 4. The number of rotatable bonds is 5. The second-order valence-electron chi connectivity index (χ2n) is 5.81. The second-order valence-corrected chi connectivity index (χ2v) is 7.16. The van der Waals surface area contributed by atoms with Crippen molar-refractivity contribution in [3.63, 3.8) is 0 Å². The molecule has 0 aliphatic heterocycles. The van der Waals surface area contributed by atoms with Crippen LogP contribution in [0.3, 0.4) is 0 Å². The van der Waals surface area contributed by atoms with E-state index in [0.29, 0.717) is 10.2 Å². The highest BCUT2D eigenvalue weighted by Gasteiger charge is 2.21. The van der Waals surface area contributed by atoms with Crippen molar-refractivity contribution in [3.05, 3.63) is 55.7 Å². The summed E-state index contributed by atoms with van der Waals surface area (Å²) >= 11 is 7.40. The topological polar surface area (TPSA) is 88.1 Å². The first-order chi connectivity index (χ1) is 12.8. The third-order valence-electron chi connectivity index (χ3n) is 4.15. The summed E-state index contributed by atoms with van der Waals surface area (Å²) in [7, 11) is 4.26. The molecular formula is C17H17ClN4O4S. The van der Waals surface area contributed by atoms with Gasteiger partial charge in [0.15, 0.2) is 16.3 Å². The fourth-order valence-corrected chi connectivity index (χ4v) is 3.69. The average Bonchev–Trinajstić information content (AvgIpc) is 3.03. The number of thioether (sulfide) groups is 1. The standard InChI is InChI=1S/C17H17ClN4O4S/c1-20-14-13(15(24)21(2)17(20)25)22(8-10-6-4-5-7-11(10)18)16(19-14)27-9-12(23)26-3/h4-7H,8-9H2,1-3H3. The monoisotopic (exact) mass is 408 g/mol. The zero-order valence-corrected chi connectivity index (χ0v) is 16.5. The Morgan fingerprint density at radius 1 is 1.22 bits per heavy atom. The maximum absolute atomic E-state index is 12.8. The lowest BCUT2D eigenvalue weighted by Crippen LogP contribution is -2.37. The summed E-state index contributed by atoms with van der Waals surface area (Å²) in [5.74, 6) is -0.394. The van der Waals surface area contributed by atoms with Crippen molar-refractivity contribution in [1.82, 2.24) is 18.7 Å². The van der Waals surface area contributed by atoms with Crippen LogP contribution in [0, 0.1) is 0 Å². The zero-order valence-electron chi connectivity index (χ0n) is 14.9. The number of hydrogen-bond acceptors (Lipinski definition) is 6. The van der Waals surface area contributed by atoms with Crippen LogP contribution in [0.5, 0.6) is 0 Å². The van der Waals surface area contributed by atoms with Gasteiger partial charge in [-0.05, 0) is 11.6 Å². The van der Waals surface area contributed by atoms with Crippen LogP contribution in [-0.4, -0.2) is 37.5 Å². The summed E-state index contributed by atoms with van der Waals surface area (Å²) in [6.45, 7) is 0.271. The van der Waals surface area contributed by atoms with Gasteiger partial charge < -0.3 is 9.30 Å². The fraction of sp³-hybridized carbons (Fsp3) is 0.294. The van der Waals surface area contributed by atoms with Crippen molar-refractivity contribution in [3.8, 4) is 0 Å². The maximum atomic E-state index is 12.8. The summed E-state index contributed by atoms with van der Waals surface area (Å²) in [5.41, 5.74) is 0.376. The summed E-state index contributed by atoms with van der Waals surface area (Å²) in [4.78, 5) is 41.0. The second kappa shape index (κ2) is 7.61. The van der Waals surface area contributed by atoms with Crippen LogP contribution in [0.4, 0.5) is 0 Å². The van der Waals surface area contributed by atoms with Crippen LogP contribution in [0.2, 0.25) is 5.02 Å². The predicted octanol–water partition coefficient (Wildman–Crippen LogP) is 1.40. The van der Waals surface area contributed by atoms with Gasteiger partial charge in [0.2, 0.25) is 0 Å². The molecule has 27 heavy (non-hydrogen) atoms. The highest BCUT2D eigenvalue weighted by atomic mass is 35.5. The molecule has 1 aromatic carbocycles. The van der Waals surface area contributed by atoms with Crippen LogP contribution in [0.25, 0.3) is 11.2 Å². The first-order valence-electron chi connectivity index (χ1n) is 7.94. The Labute approximate surface area is 163 Å². The van der Waals surface area contributed by atoms with E-state index in [-0.39, 0.29) is 23.5 Å². The number of halogens is 1. The van der Waals surface area contributed by atoms with Crippen molar-refractivity contribution in [2.75, 3.05) is 12.9 Å². The van der Waals surface area contributed by atoms with Gasteiger partial charge in [-0.15, -0.1) is 0 Å². The van der Waals surface area contributed by atoms with Crippen molar-refractivity contribution in [2.45, 2.75) is 11.7 Å². The Morgan fingerprint density at radius 2 is 1.93 bits per heavy atom. The van der Waals surface area contributed by atoms with Crippen LogP contribution in [0.15, 0.2) is 39.0 Å². The summed E-state index contributed by atoms with van der Waals surface area (Å²) in [6.07, 6.45) is 0. The third-order valence-corrected chi connectivity index (χ3v) is 5.46. The number of fused-ring (bicyclic) bond motifs is 1. The number of nitrogens with zero attached hydrogens (tertiary/aromatic N) is 4. The molecule has 0 atom stereocenters.